The van der Waals surface area contributed by atoms with E-state index in [-0.39, 0.29) is 5.91 Å². The summed E-state index contributed by atoms with van der Waals surface area (Å²) in [6.07, 6.45) is 2.62. The number of furan rings is 1. The summed E-state index contributed by atoms with van der Waals surface area (Å²) >= 11 is 3.11. The Morgan fingerprint density at radius 1 is 1.56 bits per heavy atom. The summed E-state index contributed by atoms with van der Waals surface area (Å²) in [5, 5.41) is 8.97. The first-order valence-corrected chi connectivity index (χ1v) is 5.67. The maximum Gasteiger partial charge on any atom is 0.326 e. The Morgan fingerprint density at radius 3 is 2.88 bits per heavy atom. The molecule has 0 saturated carbocycles. The summed E-state index contributed by atoms with van der Waals surface area (Å²) in [4.78, 5) is 24.3. The zero-order valence-corrected chi connectivity index (χ0v) is 9.94. The summed E-state index contributed by atoms with van der Waals surface area (Å²) in [6.45, 7) is 0.480. The van der Waals surface area contributed by atoms with Crippen LogP contribution in [0, 0.1) is 0 Å². The number of carboxylic acids is 1. The Labute approximate surface area is 100 Å². The van der Waals surface area contributed by atoms with Crippen LogP contribution in [0.15, 0.2) is 21.4 Å². The van der Waals surface area contributed by atoms with Gasteiger partial charge in [-0.1, -0.05) is 0 Å². The van der Waals surface area contributed by atoms with Crippen LogP contribution in [-0.4, -0.2) is 34.5 Å². The predicted octanol–water partition coefficient (Wildman–Crippen LogP) is 1.73. The summed E-state index contributed by atoms with van der Waals surface area (Å²) in [5.41, 5.74) is 0.369. The van der Waals surface area contributed by atoms with Crippen molar-refractivity contribution < 1.29 is 19.1 Å². The van der Waals surface area contributed by atoms with Crippen molar-refractivity contribution in [3.8, 4) is 0 Å². The van der Waals surface area contributed by atoms with Crippen molar-refractivity contribution in [3.63, 3.8) is 0 Å². The van der Waals surface area contributed by atoms with Crippen LogP contribution >= 0.6 is 15.9 Å². The van der Waals surface area contributed by atoms with Crippen LogP contribution in [0.4, 0.5) is 0 Å². The van der Waals surface area contributed by atoms with E-state index in [0.717, 1.165) is 6.42 Å². The molecule has 1 atom stereocenters. The number of hydrogen-bond donors (Lipinski definition) is 1. The summed E-state index contributed by atoms with van der Waals surface area (Å²) in [6, 6.07) is 0.818. The Hall–Kier alpha value is -1.30. The molecule has 1 unspecified atom stereocenters. The molecule has 16 heavy (non-hydrogen) atoms. The van der Waals surface area contributed by atoms with Gasteiger partial charge in [-0.2, -0.15) is 0 Å². The maximum atomic E-state index is 12.0. The number of aliphatic carboxylic acids is 1. The number of likely N-dealkylation sites (tertiary alicyclic amines) is 1. The van der Waals surface area contributed by atoms with E-state index in [2.05, 4.69) is 15.9 Å². The van der Waals surface area contributed by atoms with Crippen LogP contribution < -0.4 is 0 Å². The van der Waals surface area contributed by atoms with Crippen LogP contribution in [0.2, 0.25) is 0 Å². The number of carbonyl (C=O) groups excluding carboxylic acids is 1. The lowest BCUT2D eigenvalue weighted by molar-refractivity contribution is -0.141. The molecule has 1 aromatic heterocycles. The molecule has 0 spiro atoms. The van der Waals surface area contributed by atoms with Crippen molar-refractivity contribution in [2.45, 2.75) is 18.9 Å². The topological polar surface area (TPSA) is 70.8 Å². The van der Waals surface area contributed by atoms with Crippen molar-refractivity contribution in [1.82, 2.24) is 4.90 Å². The Morgan fingerprint density at radius 2 is 2.31 bits per heavy atom. The first-order valence-electron chi connectivity index (χ1n) is 4.88. The van der Waals surface area contributed by atoms with Gasteiger partial charge in [0.2, 0.25) is 0 Å². The van der Waals surface area contributed by atoms with Crippen molar-refractivity contribution in [2.75, 3.05) is 6.54 Å². The molecule has 2 rings (SSSR count). The number of carboxylic acid groups (broad SMARTS) is 1. The van der Waals surface area contributed by atoms with Crippen molar-refractivity contribution in [1.29, 1.82) is 0 Å². The summed E-state index contributed by atoms with van der Waals surface area (Å²) in [5.74, 6) is -1.25. The van der Waals surface area contributed by atoms with E-state index in [1.54, 1.807) is 0 Å². The van der Waals surface area contributed by atoms with E-state index in [4.69, 9.17) is 9.52 Å². The van der Waals surface area contributed by atoms with Gasteiger partial charge in [-0.05, 0) is 34.8 Å². The quantitative estimate of drug-likeness (QED) is 0.899. The second-order valence-electron chi connectivity index (χ2n) is 3.60. The second-order valence-corrected chi connectivity index (χ2v) is 4.32. The standard InChI is InChI=1S/C10H10BrNO4/c11-8-6(3-5-16-8)9(13)12-4-1-2-7(12)10(14)15/h3,5,7H,1-2,4H2,(H,14,15). The monoisotopic (exact) mass is 287 g/mol. The molecule has 1 N–H and O–H groups in total. The van der Waals surface area contributed by atoms with Crippen LogP contribution in [0.5, 0.6) is 0 Å². The average Bonchev–Trinajstić information content (AvgIpc) is 2.84. The van der Waals surface area contributed by atoms with Gasteiger partial charge in [-0.3, -0.25) is 4.79 Å². The first kappa shape index (κ1) is 11.2. The predicted molar refractivity (Wildman–Crippen MR) is 58.1 cm³/mol. The highest BCUT2D eigenvalue weighted by Gasteiger charge is 2.35. The fraction of sp³-hybridized carbons (Fsp3) is 0.400. The number of amides is 1. The first-order chi connectivity index (χ1) is 7.61. The minimum Gasteiger partial charge on any atom is -0.480 e. The molecule has 0 aromatic carbocycles. The molecular weight excluding hydrogens is 278 g/mol. The lowest BCUT2D eigenvalue weighted by atomic mass is 10.2. The van der Waals surface area contributed by atoms with Gasteiger partial charge in [-0.15, -0.1) is 0 Å². The number of hydrogen-bond acceptors (Lipinski definition) is 3. The van der Waals surface area contributed by atoms with Crippen LogP contribution in [-0.2, 0) is 4.79 Å². The smallest absolute Gasteiger partial charge is 0.326 e. The fourth-order valence-electron chi connectivity index (χ4n) is 1.87. The molecule has 0 radical (unpaired) electrons. The van der Waals surface area contributed by atoms with Crippen LogP contribution in [0.25, 0.3) is 0 Å². The highest BCUT2D eigenvalue weighted by atomic mass is 79.9. The minimum absolute atomic E-state index is 0.300. The van der Waals surface area contributed by atoms with Gasteiger partial charge in [0, 0.05) is 6.54 Å². The molecule has 0 bridgehead atoms. The largest absolute Gasteiger partial charge is 0.480 e. The highest BCUT2D eigenvalue weighted by Crippen LogP contribution is 2.24. The van der Waals surface area contributed by atoms with Crippen molar-refractivity contribution in [3.05, 3.63) is 22.6 Å². The number of carbonyl (C=O) groups is 2. The van der Waals surface area contributed by atoms with Crippen molar-refractivity contribution in [2.24, 2.45) is 0 Å². The third-order valence-corrected chi connectivity index (χ3v) is 3.26. The summed E-state index contributed by atoms with van der Waals surface area (Å²) < 4.78 is 5.30. The molecule has 1 aliphatic heterocycles. The Balaban J connectivity index is 2.22. The van der Waals surface area contributed by atoms with Crippen molar-refractivity contribution >= 4 is 27.8 Å². The Kier molecular flexibility index (Phi) is 3.00. The van der Waals surface area contributed by atoms with Gasteiger partial charge in [0.05, 0.1) is 11.8 Å². The van der Waals surface area contributed by atoms with E-state index in [1.165, 1.54) is 17.2 Å². The lowest BCUT2D eigenvalue weighted by Crippen LogP contribution is -2.40. The molecule has 1 saturated heterocycles. The number of nitrogens with zero attached hydrogens (tertiary/aromatic N) is 1. The summed E-state index contributed by atoms with van der Waals surface area (Å²) in [7, 11) is 0. The minimum atomic E-state index is -0.953. The fourth-order valence-corrected chi connectivity index (χ4v) is 2.28. The molecule has 5 nitrogen and oxygen atoms in total. The Bertz CT molecular complexity index is 428. The van der Waals surface area contributed by atoms with E-state index >= 15 is 0 Å². The second kappa shape index (κ2) is 4.29. The SMILES string of the molecule is O=C(O)C1CCCN1C(=O)c1ccoc1Br. The molecule has 1 amide bonds. The van der Waals surface area contributed by atoms with E-state index in [0.29, 0.717) is 23.2 Å². The van der Waals surface area contributed by atoms with Crippen LogP contribution in [0.3, 0.4) is 0 Å². The third kappa shape index (κ3) is 1.84. The molecule has 6 heteroatoms. The van der Waals surface area contributed by atoms with E-state index < -0.39 is 12.0 Å². The zero-order valence-electron chi connectivity index (χ0n) is 8.35. The van der Waals surface area contributed by atoms with Crippen LogP contribution in [0.1, 0.15) is 23.2 Å². The van der Waals surface area contributed by atoms with E-state index in [9.17, 15) is 9.59 Å². The molecule has 1 aliphatic rings. The van der Waals surface area contributed by atoms with E-state index in [1.807, 2.05) is 0 Å². The molecule has 86 valence electrons. The number of rotatable bonds is 2. The lowest BCUT2D eigenvalue weighted by Gasteiger charge is -2.20. The van der Waals surface area contributed by atoms with Gasteiger partial charge in [0.25, 0.3) is 5.91 Å². The maximum absolute atomic E-state index is 12.0. The van der Waals surface area contributed by atoms with Gasteiger partial charge < -0.3 is 14.4 Å². The molecule has 1 aromatic rings. The molecule has 2 heterocycles. The zero-order chi connectivity index (χ0) is 11.7. The number of halogens is 1. The highest BCUT2D eigenvalue weighted by molar-refractivity contribution is 9.10. The molecular formula is C10H10BrNO4. The van der Waals surface area contributed by atoms with Gasteiger partial charge in [-0.25, -0.2) is 4.79 Å². The van der Waals surface area contributed by atoms with Gasteiger partial charge in [0.1, 0.15) is 6.04 Å². The van der Waals surface area contributed by atoms with Gasteiger partial charge >= 0.3 is 5.97 Å². The third-order valence-electron chi connectivity index (χ3n) is 2.65. The normalized spacial score (nSPS) is 20.1. The molecule has 0 aliphatic carbocycles. The molecule has 1 fully saturated rings. The average molecular weight is 288 g/mol. The van der Waals surface area contributed by atoms with Gasteiger partial charge in [0.15, 0.2) is 4.67 Å².